The van der Waals surface area contributed by atoms with Gasteiger partial charge >= 0.3 is 0 Å². The molecule has 0 bridgehead atoms. The molecule has 8 rings (SSSR count). The van der Waals surface area contributed by atoms with E-state index in [1.54, 1.807) is 6.26 Å². The number of rotatable bonds is 4. The van der Waals surface area contributed by atoms with Crippen LogP contribution in [0.5, 0.6) is 0 Å². The maximum atomic E-state index is 5.82. The molecule has 0 unspecified atom stereocenters. The van der Waals surface area contributed by atoms with E-state index in [-0.39, 0.29) is 25.5 Å². The topological polar surface area (TPSA) is 51.8 Å². The Morgan fingerprint density at radius 1 is 0.692 bits per heavy atom. The first-order chi connectivity index (χ1) is 24.4. The van der Waals surface area contributed by atoms with Crippen LogP contribution in [0, 0.1) is 46.8 Å². The molecule has 52 heavy (non-hydrogen) atoms. The Morgan fingerprint density at radius 2 is 1.44 bits per heavy atom. The Kier molecular flexibility index (Phi) is 10.6. The Morgan fingerprint density at radius 3 is 2.21 bits per heavy atom. The Bertz CT molecular complexity index is 2510. The van der Waals surface area contributed by atoms with Gasteiger partial charge in [0.05, 0.1) is 5.58 Å². The zero-order valence-corrected chi connectivity index (χ0v) is 33.5. The van der Waals surface area contributed by atoms with Crippen LogP contribution < -0.4 is 0 Å². The summed E-state index contributed by atoms with van der Waals surface area (Å²) >= 11 is 0. The molecular formula is C47H43IrN3O-2. The Labute approximate surface area is 320 Å². The van der Waals surface area contributed by atoms with Crippen LogP contribution in [0.25, 0.3) is 55.2 Å². The summed E-state index contributed by atoms with van der Waals surface area (Å²) in [4.78, 5) is 14.2. The second-order valence-corrected chi connectivity index (χ2v) is 14.8. The number of aryl methyl sites for hydroxylation is 5. The van der Waals surface area contributed by atoms with Crippen molar-refractivity contribution in [2.75, 3.05) is 0 Å². The number of fused-ring (bicyclic) bond motifs is 4. The van der Waals surface area contributed by atoms with Gasteiger partial charge in [-0.1, -0.05) is 123 Å². The molecule has 0 amide bonds. The van der Waals surface area contributed by atoms with Crippen LogP contribution in [-0.2, 0) is 31.9 Å². The molecule has 1 radical (unpaired) electrons. The number of pyridine rings is 3. The van der Waals surface area contributed by atoms with Crippen molar-refractivity contribution in [2.24, 2.45) is 0 Å². The normalized spacial score (nSPS) is 11.4. The van der Waals surface area contributed by atoms with E-state index in [1.807, 2.05) is 24.5 Å². The molecule has 0 aliphatic carbocycles. The quantitative estimate of drug-likeness (QED) is 0.165. The average molecular weight is 858 g/mol. The van der Waals surface area contributed by atoms with E-state index in [0.717, 1.165) is 56.5 Å². The van der Waals surface area contributed by atoms with Gasteiger partial charge in [0.15, 0.2) is 0 Å². The van der Waals surface area contributed by atoms with E-state index in [4.69, 9.17) is 14.4 Å². The molecule has 0 fully saturated rings. The van der Waals surface area contributed by atoms with Crippen molar-refractivity contribution in [1.82, 2.24) is 15.0 Å². The van der Waals surface area contributed by atoms with Crippen LogP contribution in [-0.4, -0.2) is 15.0 Å². The molecule has 0 aliphatic heterocycles. The van der Waals surface area contributed by atoms with Crippen molar-refractivity contribution in [3.8, 4) is 22.5 Å². The Hall–Kier alpha value is -4.96. The monoisotopic (exact) mass is 858 g/mol. The molecular weight excluding hydrogens is 815 g/mol. The fourth-order valence-electron chi connectivity index (χ4n) is 6.32. The molecule has 0 saturated heterocycles. The third kappa shape index (κ3) is 7.77. The van der Waals surface area contributed by atoms with E-state index in [2.05, 4.69) is 145 Å². The van der Waals surface area contributed by atoms with Crippen molar-refractivity contribution in [3.63, 3.8) is 0 Å². The van der Waals surface area contributed by atoms with Crippen LogP contribution in [0.1, 0.15) is 65.4 Å². The minimum atomic E-state index is -0.0520. The molecule has 0 aliphatic rings. The third-order valence-corrected chi connectivity index (χ3v) is 9.70. The zero-order valence-electron chi connectivity index (χ0n) is 31.1. The van der Waals surface area contributed by atoms with Crippen molar-refractivity contribution >= 4 is 32.6 Å². The molecule has 4 aromatic carbocycles. The molecule has 4 aromatic heterocycles. The molecule has 4 nitrogen and oxygen atoms in total. The zero-order chi connectivity index (χ0) is 35.9. The van der Waals surface area contributed by atoms with Gasteiger partial charge in [-0.25, -0.2) is 0 Å². The van der Waals surface area contributed by atoms with E-state index >= 15 is 0 Å². The standard InChI is InChI=1S/C32H27N2O.C15H16N.Ir/c1-20-5-7-24-17-21(6-8-23(24)15-20)16-22-11-13-33-28(18-22)27-19-25-12-14-35-31(25)30-26(27)9-10-29(34-30)32(2,3)4;1-10-5-6-14(7-11(10)2)15-8-12(3)13(4)9-16-15;/h5-15,17-18H,16H2,1-4H3;5,7-9H,1-4H3;/q2*-1;. The summed E-state index contributed by atoms with van der Waals surface area (Å²) in [6.07, 6.45) is 6.37. The summed E-state index contributed by atoms with van der Waals surface area (Å²) in [5, 5.41) is 4.47. The van der Waals surface area contributed by atoms with Crippen LogP contribution >= 0.6 is 0 Å². The minimum Gasteiger partial charge on any atom is -0.506 e. The summed E-state index contributed by atoms with van der Waals surface area (Å²) in [5.74, 6) is 0. The molecule has 0 saturated carbocycles. The van der Waals surface area contributed by atoms with Gasteiger partial charge < -0.3 is 9.40 Å². The Balaban J connectivity index is 0.000000230. The number of benzene rings is 4. The molecule has 8 aromatic rings. The van der Waals surface area contributed by atoms with Gasteiger partial charge in [0.1, 0.15) is 0 Å². The first-order valence-corrected chi connectivity index (χ1v) is 17.5. The average Bonchev–Trinajstić information content (AvgIpc) is 3.59. The van der Waals surface area contributed by atoms with Gasteiger partial charge in [-0.3, -0.25) is 9.97 Å². The van der Waals surface area contributed by atoms with E-state index < -0.39 is 0 Å². The maximum absolute atomic E-state index is 5.82. The van der Waals surface area contributed by atoms with Crippen molar-refractivity contribution in [2.45, 2.75) is 67.2 Å². The smallest absolute Gasteiger partial charge is 0.0847 e. The van der Waals surface area contributed by atoms with Crippen LogP contribution in [0.15, 0.2) is 108 Å². The van der Waals surface area contributed by atoms with Gasteiger partial charge in [0, 0.05) is 61.1 Å². The van der Waals surface area contributed by atoms with Gasteiger partial charge in [-0.15, -0.1) is 41.0 Å². The predicted molar refractivity (Wildman–Crippen MR) is 211 cm³/mol. The maximum Gasteiger partial charge on any atom is 0.0847 e. The van der Waals surface area contributed by atoms with E-state index in [0.29, 0.717) is 0 Å². The summed E-state index contributed by atoms with van der Waals surface area (Å²) in [5.41, 5.74) is 15.4. The summed E-state index contributed by atoms with van der Waals surface area (Å²) < 4.78 is 5.82. The molecule has 0 spiro atoms. The number of nitrogens with zero attached hydrogens (tertiary/aromatic N) is 3. The van der Waals surface area contributed by atoms with Gasteiger partial charge in [0.25, 0.3) is 0 Å². The number of aromatic nitrogens is 3. The number of hydrogen-bond acceptors (Lipinski definition) is 4. The van der Waals surface area contributed by atoms with Crippen molar-refractivity contribution < 1.29 is 24.5 Å². The molecule has 263 valence electrons. The summed E-state index contributed by atoms with van der Waals surface area (Å²) in [6.45, 7) is 17.1. The molecule has 0 atom stereocenters. The van der Waals surface area contributed by atoms with Crippen molar-refractivity contribution in [1.29, 1.82) is 0 Å². The van der Waals surface area contributed by atoms with Crippen LogP contribution in [0.2, 0.25) is 0 Å². The van der Waals surface area contributed by atoms with E-state index in [9.17, 15) is 0 Å². The summed E-state index contributed by atoms with van der Waals surface area (Å²) in [7, 11) is 0. The van der Waals surface area contributed by atoms with Gasteiger partial charge in [-0.2, -0.15) is 0 Å². The number of furan rings is 1. The molecule has 0 N–H and O–H groups in total. The van der Waals surface area contributed by atoms with Gasteiger partial charge in [0.2, 0.25) is 0 Å². The fourth-order valence-corrected chi connectivity index (χ4v) is 6.32. The summed E-state index contributed by atoms with van der Waals surface area (Å²) in [6, 6.07) is 36.9. The second kappa shape index (κ2) is 14.9. The second-order valence-electron chi connectivity index (χ2n) is 14.8. The molecule has 4 heterocycles. The van der Waals surface area contributed by atoms with E-state index in [1.165, 1.54) is 49.7 Å². The predicted octanol–water partition coefficient (Wildman–Crippen LogP) is 12.0. The molecule has 5 heteroatoms. The van der Waals surface area contributed by atoms with Gasteiger partial charge in [-0.05, 0) is 72.5 Å². The SMILES string of the molecule is Cc1c[c-]c(-c2cc(C)c(C)cn2)cc1C.Cc1ccc2cc(Cc3ccnc(-c4[c-]c5ccoc5c5nc(C(C)(C)C)ccc45)c3)ccc2c1.[Ir]. The first kappa shape index (κ1) is 36.8. The van der Waals surface area contributed by atoms with Crippen molar-refractivity contribution in [3.05, 3.63) is 160 Å². The van der Waals surface area contributed by atoms with Crippen LogP contribution in [0.4, 0.5) is 0 Å². The van der Waals surface area contributed by atoms with Crippen LogP contribution in [0.3, 0.4) is 0 Å². The number of hydrogen-bond donors (Lipinski definition) is 0. The largest absolute Gasteiger partial charge is 0.506 e. The fraction of sp³-hybridized carbons (Fsp3) is 0.213. The first-order valence-electron chi connectivity index (χ1n) is 17.5. The minimum absolute atomic E-state index is 0. The third-order valence-electron chi connectivity index (χ3n) is 9.70.